The number of methoxy groups -OCH3 is 1. The molecule has 1 nitrogen and oxygen atoms in total. The number of benzene rings is 1. The number of alkyl halides is 1. The fraction of sp³-hybridized carbons (Fsp3) is 0.538. The lowest BCUT2D eigenvalue weighted by Crippen LogP contribution is -2.28. The summed E-state index contributed by atoms with van der Waals surface area (Å²) in [7, 11) is 1.76. The van der Waals surface area contributed by atoms with Crippen molar-refractivity contribution in [1.29, 1.82) is 0 Å². The van der Waals surface area contributed by atoms with E-state index in [1.54, 1.807) is 7.11 Å². The van der Waals surface area contributed by atoms with Crippen LogP contribution < -0.4 is 0 Å². The summed E-state index contributed by atoms with van der Waals surface area (Å²) >= 11 is 3.64. The quantitative estimate of drug-likeness (QED) is 0.716. The van der Waals surface area contributed by atoms with Crippen LogP contribution in [-0.4, -0.2) is 19.0 Å². The van der Waals surface area contributed by atoms with Crippen LogP contribution in [0.15, 0.2) is 30.3 Å². The molecule has 0 heterocycles. The number of hydrogen-bond donors (Lipinski definition) is 0. The Morgan fingerprint density at radius 1 is 1.27 bits per heavy atom. The molecule has 1 atom stereocenters. The molecule has 1 aromatic rings. The van der Waals surface area contributed by atoms with Gasteiger partial charge in [0.1, 0.15) is 0 Å². The van der Waals surface area contributed by atoms with Crippen molar-refractivity contribution in [3.8, 4) is 0 Å². The van der Waals surface area contributed by atoms with Crippen molar-refractivity contribution in [2.24, 2.45) is 0 Å². The van der Waals surface area contributed by atoms with Crippen molar-refractivity contribution >= 4 is 15.9 Å². The van der Waals surface area contributed by atoms with Gasteiger partial charge < -0.3 is 4.74 Å². The maximum absolute atomic E-state index is 5.20. The maximum atomic E-state index is 5.20. The first-order chi connectivity index (χ1) is 7.29. The molecule has 1 rings (SSSR count). The fourth-order valence-electron chi connectivity index (χ4n) is 1.85. The molecule has 0 aliphatic rings. The third kappa shape index (κ3) is 3.05. The number of hydrogen-bond acceptors (Lipinski definition) is 1. The van der Waals surface area contributed by atoms with Crippen molar-refractivity contribution in [2.75, 3.05) is 19.0 Å². The molecule has 0 bridgehead atoms. The SMILES string of the molecule is CCC(CBr)(CCOC)c1ccccc1. The number of halogens is 1. The largest absolute Gasteiger partial charge is 0.385 e. The molecule has 0 aliphatic carbocycles. The molecule has 15 heavy (non-hydrogen) atoms. The molecular formula is C13H19BrO. The van der Waals surface area contributed by atoms with Crippen LogP contribution in [0.3, 0.4) is 0 Å². The minimum Gasteiger partial charge on any atom is -0.385 e. The summed E-state index contributed by atoms with van der Waals surface area (Å²) in [4.78, 5) is 0. The zero-order valence-corrected chi connectivity index (χ0v) is 11.1. The second kappa shape index (κ2) is 6.29. The lowest BCUT2D eigenvalue weighted by atomic mass is 9.77. The van der Waals surface area contributed by atoms with Gasteiger partial charge in [0.15, 0.2) is 0 Å². The molecule has 0 amide bonds. The van der Waals surface area contributed by atoms with E-state index < -0.39 is 0 Å². The van der Waals surface area contributed by atoms with Crippen LogP contribution in [0.4, 0.5) is 0 Å². The Hall–Kier alpha value is -0.340. The van der Waals surface area contributed by atoms with Gasteiger partial charge in [-0.3, -0.25) is 0 Å². The molecule has 0 N–H and O–H groups in total. The molecule has 0 radical (unpaired) electrons. The molecule has 1 aromatic carbocycles. The minimum atomic E-state index is 0.220. The van der Waals surface area contributed by atoms with E-state index in [4.69, 9.17) is 4.74 Å². The topological polar surface area (TPSA) is 9.23 Å². The van der Waals surface area contributed by atoms with E-state index in [0.717, 1.165) is 24.8 Å². The van der Waals surface area contributed by atoms with E-state index in [9.17, 15) is 0 Å². The van der Waals surface area contributed by atoms with Crippen molar-refractivity contribution in [2.45, 2.75) is 25.2 Å². The molecule has 0 saturated carbocycles. The average molecular weight is 271 g/mol. The normalized spacial score (nSPS) is 14.9. The van der Waals surface area contributed by atoms with Crippen molar-refractivity contribution < 1.29 is 4.74 Å². The predicted octanol–water partition coefficient (Wildman–Crippen LogP) is 3.77. The Morgan fingerprint density at radius 3 is 2.40 bits per heavy atom. The van der Waals surface area contributed by atoms with Gasteiger partial charge in [0, 0.05) is 24.5 Å². The predicted molar refractivity (Wildman–Crippen MR) is 68.7 cm³/mol. The van der Waals surface area contributed by atoms with Crippen LogP contribution in [0.2, 0.25) is 0 Å². The molecule has 0 saturated heterocycles. The summed E-state index contributed by atoms with van der Waals surface area (Å²) in [6, 6.07) is 10.7. The third-order valence-corrected chi connectivity index (χ3v) is 4.18. The Balaban J connectivity index is 2.89. The van der Waals surface area contributed by atoms with Crippen LogP contribution in [0.1, 0.15) is 25.3 Å². The summed E-state index contributed by atoms with van der Waals surface area (Å²) in [6.45, 7) is 3.05. The Bertz CT molecular complexity index is 267. The van der Waals surface area contributed by atoms with Gasteiger partial charge in [-0.05, 0) is 18.4 Å². The van der Waals surface area contributed by atoms with E-state index in [0.29, 0.717) is 0 Å². The molecule has 0 spiro atoms. The highest BCUT2D eigenvalue weighted by Gasteiger charge is 2.28. The summed E-state index contributed by atoms with van der Waals surface area (Å²) in [5, 5.41) is 0.990. The van der Waals surface area contributed by atoms with Gasteiger partial charge in [-0.25, -0.2) is 0 Å². The molecule has 84 valence electrons. The van der Waals surface area contributed by atoms with Crippen molar-refractivity contribution in [3.63, 3.8) is 0 Å². The lowest BCUT2D eigenvalue weighted by molar-refractivity contribution is 0.170. The van der Waals surface area contributed by atoms with Crippen LogP contribution in [-0.2, 0) is 10.2 Å². The smallest absolute Gasteiger partial charge is 0.0471 e. The van der Waals surface area contributed by atoms with E-state index in [1.165, 1.54) is 5.56 Å². The first-order valence-corrected chi connectivity index (χ1v) is 6.51. The molecule has 2 heteroatoms. The van der Waals surface area contributed by atoms with Gasteiger partial charge in [0.05, 0.1) is 0 Å². The second-order valence-electron chi connectivity index (χ2n) is 3.88. The van der Waals surface area contributed by atoms with Crippen molar-refractivity contribution in [1.82, 2.24) is 0 Å². The summed E-state index contributed by atoms with van der Waals surface area (Å²) in [5.74, 6) is 0. The summed E-state index contributed by atoms with van der Waals surface area (Å²) < 4.78 is 5.20. The Labute approximate surface area is 101 Å². The van der Waals surface area contributed by atoms with E-state index in [-0.39, 0.29) is 5.41 Å². The second-order valence-corrected chi connectivity index (χ2v) is 4.44. The van der Waals surface area contributed by atoms with Crippen molar-refractivity contribution in [3.05, 3.63) is 35.9 Å². The highest BCUT2D eigenvalue weighted by molar-refractivity contribution is 9.09. The van der Waals surface area contributed by atoms with E-state index in [1.807, 2.05) is 0 Å². The summed E-state index contributed by atoms with van der Waals surface area (Å²) in [5.41, 5.74) is 1.62. The highest BCUT2D eigenvalue weighted by atomic mass is 79.9. The van der Waals surface area contributed by atoms with Gasteiger partial charge in [0.2, 0.25) is 0 Å². The minimum absolute atomic E-state index is 0.220. The van der Waals surface area contributed by atoms with E-state index in [2.05, 4.69) is 53.2 Å². The molecule has 0 aromatic heterocycles. The fourth-order valence-corrected chi connectivity index (χ4v) is 2.85. The first kappa shape index (κ1) is 12.7. The zero-order valence-electron chi connectivity index (χ0n) is 9.50. The van der Waals surface area contributed by atoms with Gasteiger partial charge in [-0.15, -0.1) is 0 Å². The molecular weight excluding hydrogens is 252 g/mol. The lowest BCUT2D eigenvalue weighted by Gasteiger charge is -2.31. The van der Waals surface area contributed by atoms with Gasteiger partial charge in [-0.1, -0.05) is 53.2 Å². The maximum Gasteiger partial charge on any atom is 0.0471 e. The first-order valence-electron chi connectivity index (χ1n) is 5.39. The van der Waals surface area contributed by atoms with Crippen LogP contribution in [0.25, 0.3) is 0 Å². The van der Waals surface area contributed by atoms with Crippen LogP contribution >= 0.6 is 15.9 Å². The molecule has 0 aliphatic heterocycles. The number of rotatable bonds is 6. The molecule has 1 unspecified atom stereocenters. The standard InChI is InChI=1S/C13H19BrO/c1-3-13(11-14,9-10-15-2)12-7-5-4-6-8-12/h4-8H,3,9-11H2,1-2H3. The third-order valence-electron chi connectivity index (χ3n) is 3.10. The Morgan fingerprint density at radius 2 is 1.93 bits per heavy atom. The zero-order chi connectivity index (χ0) is 11.1. The van der Waals surface area contributed by atoms with Gasteiger partial charge in [-0.2, -0.15) is 0 Å². The summed E-state index contributed by atoms with van der Waals surface area (Å²) in [6.07, 6.45) is 2.20. The monoisotopic (exact) mass is 270 g/mol. The van der Waals surface area contributed by atoms with E-state index >= 15 is 0 Å². The number of ether oxygens (including phenoxy) is 1. The average Bonchev–Trinajstić information content (AvgIpc) is 2.33. The van der Waals surface area contributed by atoms with Gasteiger partial charge in [0.25, 0.3) is 0 Å². The molecule has 0 fully saturated rings. The van der Waals surface area contributed by atoms with Crippen LogP contribution in [0.5, 0.6) is 0 Å². The van der Waals surface area contributed by atoms with Crippen LogP contribution in [0, 0.1) is 0 Å². The highest BCUT2D eigenvalue weighted by Crippen LogP contribution is 2.33. The van der Waals surface area contributed by atoms with Gasteiger partial charge >= 0.3 is 0 Å². The Kier molecular flexibility index (Phi) is 5.34.